The van der Waals surface area contributed by atoms with Crippen molar-refractivity contribution >= 4 is 22.5 Å². The molecule has 1 aromatic heterocycles. The summed E-state index contributed by atoms with van der Waals surface area (Å²) >= 11 is 5.96. The summed E-state index contributed by atoms with van der Waals surface area (Å²) in [6.45, 7) is 0. The largest absolute Gasteiger partial charge is 0.272 e. The van der Waals surface area contributed by atoms with Gasteiger partial charge in [-0.3, -0.25) is 14.6 Å². The lowest BCUT2D eigenvalue weighted by molar-refractivity contribution is 0.891. The van der Waals surface area contributed by atoms with E-state index in [4.69, 9.17) is 11.6 Å². The number of H-pyrrole nitrogens is 1. The van der Waals surface area contributed by atoms with Crippen LogP contribution in [-0.2, 0) is 0 Å². The maximum Gasteiger partial charge on any atom is 0.272 e. The summed E-state index contributed by atoms with van der Waals surface area (Å²) in [5, 5.41) is 4.05. The van der Waals surface area contributed by atoms with Gasteiger partial charge in [-0.05, 0) is 30.3 Å². The van der Waals surface area contributed by atoms with Crippen LogP contribution in [0.3, 0.4) is 0 Å². The second-order valence-corrected chi connectivity index (χ2v) is 4.21. The van der Waals surface area contributed by atoms with Crippen LogP contribution >= 0.6 is 11.6 Å². The monoisotopic (exact) mass is 244 g/mol. The number of aromatic amines is 1. The van der Waals surface area contributed by atoms with Gasteiger partial charge in [-0.1, -0.05) is 29.8 Å². The molecule has 1 heterocycles. The molecular formula is C13H9ClN2O. The van der Waals surface area contributed by atoms with Gasteiger partial charge >= 0.3 is 0 Å². The first kappa shape index (κ1) is 10.2. The zero-order valence-corrected chi connectivity index (χ0v) is 9.61. The second-order valence-electron chi connectivity index (χ2n) is 3.77. The van der Waals surface area contributed by atoms with Gasteiger partial charge in [0.05, 0.1) is 16.6 Å². The van der Waals surface area contributed by atoms with E-state index in [1.807, 2.05) is 30.3 Å². The molecule has 0 fully saturated rings. The Morgan fingerprint density at radius 3 is 2.59 bits per heavy atom. The summed E-state index contributed by atoms with van der Waals surface area (Å²) in [5.74, 6) is 0. The SMILES string of the molecule is O=c1[nH]n(-c2ccccc2)c2cc(Cl)ccc12. The molecule has 3 nitrogen and oxygen atoms in total. The maximum atomic E-state index is 11.8. The highest BCUT2D eigenvalue weighted by atomic mass is 35.5. The van der Waals surface area contributed by atoms with Crippen molar-refractivity contribution in [3.8, 4) is 5.69 Å². The molecule has 3 rings (SSSR count). The number of nitrogens with one attached hydrogen (secondary N) is 1. The summed E-state index contributed by atoms with van der Waals surface area (Å²) in [5.41, 5.74) is 1.58. The number of aromatic nitrogens is 2. The number of para-hydroxylation sites is 1. The molecule has 0 radical (unpaired) electrons. The van der Waals surface area contributed by atoms with Crippen LogP contribution in [0.5, 0.6) is 0 Å². The van der Waals surface area contributed by atoms with Gasteiger partial charge in [0.1, 0.15) is 0 Å². The van der Waals surface area contributed by atoms with Crippen LogP contribution in [0.15, 0.2) is 53.3 Å². The Kier molecular flexibility index (Phi) is 2.27. The lowest BCUT2D eigenvalue weighted by Gasteiger charge is -2.03. The van der Waals surface area contributed by atoms with Gasteiger partial charge in [0.25, 0.3) is 5.56 Å². The van der Waals surface area contributed by atoms with Crippen molar-refractivity contribution in [2.24, 2.45) is 0 Å². The quantitative estimate of drug-likeness (QED) is 0.702. The average molecular weight is 245 g/mol. The molecule has 0 unspecified atom stereocenters. The van der Waals surface area contributed by atoms with E-state index in [0.29, 0.717) is 10.4 Å². The molecule has 0 aliphatic carbocycles. The van der Waals surface area contributed by atoms with Gasteiger partial charge in [0.2, 0.25) is 0 Å². The maximum absolute atomic E-state index is 11.8. The number of halogens is 1. The van der Waals surface area contributed by atoms with Gasteiger partial charge in [0, 0.05) is 5.02 Å². The molecule has 0 saturated carbocycles. The molecule has 0 aliphatic rings. The van der Waals surface area contributed by atoms with Crippen molar-refractivity contribution in [1.82, 2.24) is 9.78 Å². The Balaban J connectivity index is 2.38. The number of nitrogens with zero attached hydrogens (tertiary/aromatic N) is 1. The summed E-state index contributed by atoms with van der Waals surface area (Å²) in [6.07, 6.45) is 0. The van der Waals surface area contributed by atoms with Gasteiger partial charge < -0.3 is 0 Å². The van der Waals surface area contributed by atoms with Crippen LogP contribution < -0.4 is 5.56 Å². The van der Waals surface area contributed by atoms with Crippen LogP contribution in [0.1, 0.15) is 0 Å². The van der Waals surface area contributed by atoms with Crippen molar-refractivity contribution in [3.05, 3.63) is 63.9 Å². The van der Waals surface area contributed by atoms with E-state index in [1.54, 1.807) is 22.9 Å². The first-order chi connectivity index (χ1) is 8.25. The molecule has 0 aliphatic heterocycles. The first-order valence-electron chi connectivity index (χ1n) is 5.21. The van der Waals surface area contributed by atoms with E-state index in [-0.39, 0.29) is 5.56 Å². The van der Waals surface area contributed by atoms with Gasteiger partial charge in [0.15, 0.2) is 0 Å². The lowest BCUT2D eigenvalue weighted by Crippen LogP contribution is -2.03. The summed E-state index contributed by atoms with van der Waals surface area (Å²) in [7, 11) is 0. The third kappa shape index (κ3) is 1.65. The number of benzene rings is 2. The Hall–Kier alpha value is -2.00. The topological polar surface area (TPSA) is 37.8 Å². The minimum absolute atomic E-state index is 0.111. The Morgan fingerprint density at radius 2 is 1.82 bits per heavy atom. The van der Waals surface area contributed by atoms with Crippen molar-refractivity contribution < 1.29 is 0 Å². The van der Waals surface area contributed by atoms with E-state index >= 15 is 0 Å². The molecule has 2 aromatic carbocycles. The highest BCUT2D eigenvalue weighted by Crippen LogP contribution is 2.19. The van der Waals surface area contributed by atoms with Crippen LogP contribution in [0, 0.1) is 0 Å². The van der Waals surface area contributed by atoms with E-state index in [9.17, 15) is 4.79 Å². The molecule has 0 atom stereocenters. The minimum atomic E-state index is -0.111. The smallest absolute Gasteiger partial charge is 0.267 e. The fourth-order valence-electron chi connectivity index (χ4n) is 1.88. The predicted molar refractivity (Wildman–Crippen MR) is 68.9 cm³/mol. The summed E-state index contributed by atoms with van der Waals surface area (Å²) in [6, 6.07) is 14.9. The fourth-order valence-corrected chi connectivity index (χ4v) is 2.05. The zero-order valence-electron chi connectivity index (χ0n) is 8.85. The number of fused-ring (bicyclic) bond motifs is 1. The number of hydrogen-bond acceptors (Lipinski definition) is 1. The summed E-state index contributed by atoms with van der Waals surface area (Å²) in [4.78, 5) is 11.8. The molecule has 17 heavy (non-hydrogen) atoms. The van der Waals surface area contributed by atoms with Crippen molar-refractivity contribution in [3.63, 3.8) is 0 Å². The average Bonchev–Trinajstić information content (AvgIpc) is 2.67. The lowest BCUT2D eigenvalue weighted by atomic mass is 10.2. The zero-order chi connectivity index (χ0) is 11.8. The molecular weight excluding hydrogens is 236 g/mol. The third-order valence-corrected chi connectivity index (χ3v) is 2.91. The van der Waals surface area contributed by atoms with E-state index in [2.05, 4.69) is 5.10 Å². The Labute approximate surface area is 102 Å². The van der Waals surface area contributed by atoms with Crippen molar-refractivity contribution in [2.45, 2.75) is 0 Å². The number of rotatable bonds is 1. The van der Waals surface area contributed by atoms with Crippen LogP contribution in [-0.4, -0.2) is 9.78 Å². The molecule has 84 valence electrons. The third-order valence-electron chi connectivity index (χ3n) is 2.67. The Bertz CT molecular complexity index is 728. The molecule has 0 spiro atoms. The molecule has 1 N–H and O–H groups in total. The fraction of sp³-hybridized carbons (Fsp3) is 0. The van der Waals surface area contributed by atoms with Crippen molar-refractivity contribution in [2.75, 3.05) is 0 Å². The Morgan fingerprint density at radius 1 is 1.06 bits per heavy atom. The van der Waals surface area contributed by atoms with E-state index in [1.165, 1.54) is 0 Å². The molecule has 0 amide bonds. The van der Waals surface area contributed by atoms with Gasteiger partial charge in [-0.15, -0.1) is 0 Å². The highest BCUT2D eigenvalue weighted by Gasteiger charge is 2.07. The molecule has 4 heteroatoms. The first-order valence-corrected chi connectivity index (χ1v) is 5.59. The van der Waals surface area contributed by atoms with Crippen LogP contribution in [0.2, 0.25) is 5.02 Å². The molecule has 0 saturated heterocycles. The van der Waals surface area contributed by atoms with Crippen LogP contribution in [0.4, 0.5) is 0 Å². The van der Waals surface area contributed by atoms with Crippen molar-refractivity contribution in [1.29, 1.82) is 0 Å². The molecule has 3 aromatic rings. The molecule has 0 bridgehead atoms. The second kappa shape index (κ2) is 3.79. The van der Waals surface area contributed by atoms with Gasteiger partial charge in [-0.25, -0.2) is 0 Å². The predicted octanol–water partition coefficient (Wildman–Crippen LogP) is 2.97. The number of hydrogen-bond donors (Lipinski definition) is 1. The van der Waals surface area contributed by atoms with E-state index in [0.717, 1.165) is 11.2 Å². The minimum Gasteiger partial charge on any atom is -0.267 e. The van der Waals surface area contributed by atoms with Gasteiger partial charge in [-0.2, -0.15) is 0 Å². The standard InChI is InChI=1S/C13H9ClN2O/c14-9-6-7-11-12(8-9)16(15-13(11)17)10-4-2-1-3-5-10/h1-8H,(H,15,17). The van der Waals surface area contributed by atoms with E-state index < -0.39 is 0 Å². The normalized spacial score (nSPS) is 10.9. The van der Waals surface area contributed by atoms with Crippen LogP contribution in [0.25, 0.3) is 16.6 Å². The highest BCUT2D eigenvalue weighted by molar-refractivity contribution is 6.31. The summed E-state index contributed by atoms with van der Waals surface area (Å²) < 4.78 is 1.74.